The molecule has 0 fully saturated rings. The van der Waals surface area contributed by atoms with E-state index >= 15 is 0 Å². The van der Waals surface area contributed by atoms with Crippen LogP contribution in [0.5, 0.6) is 0 Å². The summed E-state index contributed by atoms with van der Waals surface area (Å²) in [6, 6.07) is 15.5. The molecule has 2 atom stereocenters. The van der Waals surface area contributed by atoms with E-state index in [1.807, 2.05) is 30.3 Å². The summed E-state index contributed by atoms with van der Waals surface area (Å²) in [7, 11) is 0. The summed E-state index contributed by atoms with van der Waals surface area (Å²) in [5, 5.41) is 13.4. The number of rotatable bonds is 9. The number of nitrogens with one attached hydrogen (secondary N) is 1. The van der Waals surface area contributed by atoms with Gasteiger partial charge in [0.25, 0.3) is 11.8 Å². The molecule has 0 spiro atoms. The van der Waals surface area contributed by atoms with Crippen LogP contribution >= 0.6 is 23.2 Å². The molecule has 226 valence electrons. The first-order valence-electron chi connectivity index (χ1n) is 14.6. The normalized spacial score (nSPS) is 16.3. The Labute approximate surface area is 263 Å². The smallest absolute Gasteiger partial charge is 0.326 e. The van der Waals surface area contributed by atoms with E-state index in [0.29, 0.717) is 41.7 Å². The average molecular weight is 634 g/mol. The zero-order valence-electron chi connectivity index (χ0n) is 23.8. The third-order valence-corrected chi connectivity index (χ3v) is 9.38. The van der Waals surface area contributed by atoms with Crippen LogP contribution in [0.15, 0.2) is 65.3 Å². The third kappa shape index (κ3) is 5.97. The summed E-state index contributed by atoms with van der Waals surface area (Å²) in [4.78, 5) is 53.0. The molecule has 3 aromatic carbocycles. The highest BCUT2D eigenvalue weighted by atomic mass is 35.5. The molecule has 0 radical (unpaired) electrons. The van der Waals surface area contributed by atoms with Crippen molar-refractivity contribution < 1.29 is 28.7 Å². The highest BCUT2D eigenvalue weighted by molar-refractivity contribution is 6.40. The number of ketones is 1. The SMILES string of the molecule is O=C(CC[C@H](NC(=O)c1c(Cl)cc2c(c1Cl)CCN(C(=O)c1ccc3ccoc3c1)C2)C(=O)O)C[C@@H]1CCc2ccccc21. The quantitative estimate of drug-likeness (QED) is 0.215. The molecule has 44 heavy (non-hydrogen) atoms. The fourth-order valence-electron chi connectivity index (χ4n) is 6.33. The van der Waals surface area contributed by atoms with E-state index in [2.05, 4.69) is 11.4 Å². The number of aliphatic carboxylic acids is 1. The number of carbonyl (C=O) groups excluding carboxylic acids is 3. The van der Waals surface area contributed by atoms with Gasteiger partial charge in [-0.15, -0.1) is 0 Å². The summed E-state index contributed by atoms with van der Waals surface area (Å²) in [5.41, 5.74) is 4.94. The molecule has 0 saturated heterocycles. The molecular formula is C34H30Cl2N2O6. The Morgan fingerprint density at radius 1 is 1.02 bits per heavy atom. The second-order valence-corrected chi connectivity index (χ2v) is 12.2. The predicted molar refractivity (Wildman–Crippen MR) is 166 cm³/mol. The molecule has 4 aromatic rings. The van der Waals surface area contributed by atoms with Crippen molar-refractivity contribution in [3.05, 3.63) is 104 Å². The number of carboxylic acid groups (broad SMARTS) is 1. The van der Waals surface area contributed by atoms with E-state index in [-0.39, 0.29) is 52.6 Å². The van der Waals surface area contributed by atoms with E-state index in [1.54, 1.807) is 29.4 Å². The number of furan rings is 1. The van der Waals surface area contributed by atoms with E-state index in [0.717, 1.165) is 18.2 Å². The van der Waals surface area contributed by atoms with Crippen molar-refractivity contribution in [3.8, 4) is 0 Å². The van der Waals surface area contributed by atoms with E-state index < -0.39 is 17.9 Å². The summed E-state index contributed by atoms with van der Waals surface area (Å²) in [6.07, 6.45) is 4.11. The minimum absolute atomic E-state index is 0.0183. The molecule has 0 bridgehead atoms. The second-order valence-electron chi connectivity index (χ2n) is 11.4. The zero-order chi connectivity index (χ0) is 31.0. The fraction of sp³-hybridized carbons (Fsp3) is 0.294. The number of amides is 2. The average Bonchev–Trinajstić information content (AvgIpc) is 3.65. The Bertz CT molecular complexity index is 1800. The van der Waals surface area contributed by atoms with E-state index in [9.17, 15) is 24.3 Å². The van der Waals surface area contributed by atoms with Crippen LogP contribution < -0.4 is 5.32 Å². The summed E-state index contributed by atoms with van der Waals surface area (Å²) < 4.78 is 5.43. The molecule has 2 N–H and O–H groups in total. The number of aryl methyl sites for hydroxylation is 1. The van der Waals surface area contributed by atoms with Crippen molar-refractivity contribution in [1.29, 1.82) is 0 Å². The van der Waals surface area contributed by atoms with Crippen LogP contribution in [-0.2, 0) is 29.0 Å². The van der Waals surface area contributed by atoms with Crippen LogP contribution in [0.4, 0.5) is 0 Å². The van der Waals surface area contributed by atoms with Gasteiger partial charge in [-0.05, 0) is 78.1 Å². The zero-order valence-corrected chi connectivity index (χ0v) is 25.3. The first-order chi connectivity index (χ1) is 21.2. The maximum absolute atomic E-state index is 13.3. The number of halogens is 2. The first kappa shape index (κ1) is 29.9. The van der Waals surface area contributed by atoms with Crippen LogP contribution in [0.2, 0.25) is 10.0 Å². The molecule has 0 saturated carbocycles. The van der Waals surface area contributed by atoms with Gasteiger partial charge < -0.3 is 19.7 Å². The minimum atomic E-state index is -1.29. The molecule has 1 aliphatic heterocycles. The van der Waals surface area contributed by atoms with Crippen molar-refractivity contribution in [3.63, 3.8) is 0 Å². The first-order valence-corrected chi connectivity index (χ1v) is 15.3. The Hall–Kier alpha value is -4.14. The highest BCUT2D eigenvalue weighted by Crippen LogP contribution is 2.37. The minimum Gasteiger partial charge on any atom is -0.480 e. The van der Waals surface area contributed by atoms with Gasteiger partial charge >= 0.3 is 5.97 Å². The molecule has 6 rings (SSSR count). The largest absolute Gasteiger partial charge is 0.480 e. The Morgan fingerprint density at radius 2 is 1.84 bits per heavy atom. The molecule has 10 heteroatoms. The van der Waals surface area contributed by atoms with Crippen molar-refractivity contribution in [1.82, 2.24) is 10.2 Å². The number of hydrogen-bond donors (Lipinski definition) is 2. The van der Waals surface area contributed by atoms with Gasteiger partial charge in [-0.2, -0.15) is 0 Å². The fourth-order valence-corrected chi connectivity index (χ4v) is 7.09. The number of nitrogens with zero attached hydrogens (tertiary/aromatic N) is 1. The lowest BCUT2D eigenvalue weighted by Crippen LogP contribution is -2.41. The monoisotopic (exact) mass is 632 g/mol. The van der Waals surface area contributed by atoms with Crippen LogP contribution in [0.25, 0.3) is 11.0 Å². The Morgan fingerprint density at radius 3 is 2.66 bits per heavy atom. The summed E-state index contributed by atoms with van der Waals surface area (Å²) in [6.45, 7) is 0.618. The molecule has 1 aromatic heterocycles. The maximum atomic E-state index is 13.3. The van der Waals surface area contributed by atoms with Gasteiger partial charge in [0.05, 0.1) is 21.9 Å². The van der Waals surface area contributed by atoms with E-state index in [1.165, 1.54) is 11.1 Å². The maximum Gasteiger partial charge on any atom is 0.326 e. The van der Waals surface area contributed by atoms with Gasteiger partial charge in [0.15, 0.2) is 0 Å². The molecule has 2 amide bonds. The van der Waals surface area contributed by atoms with Crippen LogP contribution in [0.3, 0.4) is 0 Å². The number of hydrogen-bond acceptors (Lipinski definition) is 5. The molecular weight excluding hydrogens is 603 g/mol. The molecule has 2 heterocycles. The lowest BCUT2D eigenvalue weighted by molar-refractivity contribution is -0.139. The number of Topliss-reactive ketones (excluding diaryl/α,β-unsaturated/α-hetero) is 1. The van der Waals surface area contributed by atoms with Crippen molar-refractivity contribution in [2.75, 3.05) is 6.54 Å². The number of fused-ring (bicyclic) bond motifs is 3. The Balaban J connectivity index is 1.10. The standard InChI is InChI=1S/C34H30Cl2N2O6/c35-27-16-23-18-38(33(41)22-8-6-20-12-14-44-29(20)17-22)13-11-26(23)31(36)30(27)32(40)37-28(34(42)43)10-9-24(39)15-21-7-5-19-3-1-2-4-25(19)21/h1-4,6,8,12,14,16-17,21,28H,5,7,9-11,13,15,18H2,(H,37,40)(H,42,43)/t21-,28-/m0/s1. The van der Waals surface area contributed by atoms with Crippen molar-refractivity contribution in [2.45, 2.75) is 57.0 Å². The summed E-state index contributed by atoms with van der Waals surface area (Å²) >= 11 is 13.2. The summed E-state index contributed by atoms with van der Waals surface area (Å²) in [5.74, 6) is -2.04. The lowest BCUT2D eigenvalue weighted by atomic mass is 9.93. The van der Waals surface area contributed by atoms with Crippen LogP contribution in [-0.4, -0.2) is 46.2 Å². The molecule has 0 unspecified atom stereocenters. The van der Waals surface area contributed by atoms with Gasteiger partial charge in [-0.25, -0.2) is 4.79 Å². The van der Waals surface area contributed by atoms with Gasteiger partial charge in [0, 0.05) is 36.9 Å². The molecule has 8 nitrogen and oxygen atoms in total. The van der Waals surface area contributed by atoms with Crippen LogP contribution in [0, 0.1) is 0 Å². The highest BCUT2D eigenvalue weighted by Gasteiger charge is 2.30. The third-order valence-electron chi connectivity index (χ3n) is 8.67. The van der Waals surface area contributed by atoms with Crippen molar-refractivity contribution >= 4 is 57.7 Å². The van der Waals surface area contributed by atoms with Gasteiger partial charge in [0.1, 0.15) is 17.4 Å². The number of carboxylic acids is 1. The van der Waals surface area contributed by atoms with Gasteiger partial charge in [0.2, 0.25) is 0 Å². The lowest BCUT2D eigenvalue weighted by Gasteiger charge is -2.30. The van der Waals surface area contributed by atoms with Crippen molar-refractivity contribution in [2.24, 2.45) is 0 Å². The predicted octanol–water partition coefficient (Wildman–Crippen LogP) is 6.59. The van der Waals surface area contributed by atoms with E-state index in [4.69, 9.17) is 27.6 Å². The van der Waals surface area contributed by atoms with Gasteiger partial charge in [-0.3, -0.25) is 14.4 Å². The topological polar surface area (TPSA) is 117 Å². The van der Waals surface area contributed by atoms with Gasteiger partial charge in [-0.1, -0.05) is 53.5 Å². The number of carbonyl (C=O) groups is 4. The molecule has 1 aliphatic carbocycles. The Kier molecular flexibility index (Phi) is 8.47. The molecule has 2 aliphatic rings. The second kappa shape index (κ2) is 12.5. The van der Waals surface area contributed by atoms with Crippen LogP contribution in [0.1, 0.15) is 74.6 Å². The number of benzene rings is 3.